The first-order valence-electron chi connectivity index (χ1n) is 17.5. The Hall–Kier alpha value is -3.71. The molecule has 2 aromatic carbocycles. The number of anilines is 1. The summed E-state index contributed by atoms with van der Waals surface area (Å²) in [4.78, 5) is 29.6. The van der Waals surface area contributed by atoms with Crippen molar-refractivity contribution in [2.75, 3.05) is 45.4 Å². The monoisotopic (exact) mass is 741 g/mol. The maximum absolute atomic E-state index is 15.0. The van der Waals surface area contributed by atoms with Crippen LogP contribution >= 0.6 is 11.6 Å². The van der Waals surface area contributed by atoms with Gasteiger partial charge in [0, 0.05) is 50.1 Å². The Bertz CT molecular complexity index is 1780. The van der Waals surface area contributed by atoms with Crippen LogP contribution in [0.2, 0.25) is 5.02 Å². The summed E-state index contributed by atoms with van der Waals surface area (Å²) < 4.78 is 40.0. The fraction of sp³-hybridized carbons (Fsp3) is 0.500. The van der Waals surface area contributed by atoms with Gasteiger partial charge in [-0.25, -0.2) is 4.21 Å². The van der Waals surface area contributed by atoms with E-state index >= 15 is 0 Å². The smallest absolute Gasteiger partial charge is 0.287 e. The zero-order valence-electron chi connectivity index (χ0n) is 30.7. The van der Waals surface area contributed by atoms with E-state index in [2.05, 4.69) is 39.2 Å². The van der Waals surface area contributed by atoms with Gasteiger partial charge < -0.3 is 29.8 Å². The van der Waals surface area contributed by atoms with Gasteiger partial charge in [-0.3, -0.25) is 14.3 Å². The molecule has 4 rings (SSSR count). The predicted octanol–water partition coefficient (Wildman–Crippen LogP) is 6.60. The third-order valence-electron chi connectivity index (χ3n) is 9.56. The van der Waals surface area contributed by atoms with Gasteiger partial charge in [0.25, 0.3) is 11.8 Å². The maximum Gasteiger partial charge on any atom is 0.287 e. The minimum Gasteiger partial charge on any atom is -0.491 e. The Morgan fingerprint density at radius 3 is 2.67 bits per heavy atom. The van der Waals surface area contributed by atoms with Crippen LogP contribution in [0.25, 0.3) is 0 Å². The van der Waals surface area contributed by atoms with Crippen LogP contribution in [0.5, 0.6) is 5.75 Å². The van der Waals surface area contributed by atoms with E-state index in [1.54, 1.807) is 53.1 Å². The number of allylic oxidation sites excluding steroid dienone is 1. The quantitative estimate of drug-likeness (QED) is 0.148. The van der Waals surface area contributed by atoms with Gasteiger partial charge in [0.05, 0.1) is 35.5 Å². The molecule has 0 saturated carbocycles. The normalized spacial score (nSPS) is 25.0. The lowest BCUT2D eigenvalue weighted by Crippen LogP contribution is -2.38. The molecule has 4 unspecified atom stereocenters. The average molecular weight is 742 g/mol. The van der Waals surface area contributed by atoms with Crippen molar-refractivity contribution in [3.63, 3.8) is 0 Å². The summed E-state index contributed by atoms with van der Waals surface area (Å²) in [5, 5.41) is 11.4. The topological polar surface area (TPSA) is 142 Å². The summed E-state index contributed by atoms with van der Waals surface area (Å²) in [6.45, 7) is 10.7. The molecular formula is C38H52ClN5O6S. The van der Waals surface area contributed by atoms with E-state index in [0.717, 1.165) is 37.5 Å². The molecule has 2 aliphatic heterocycles. The van der Waals surface area contributed by atoms with Crippen LogP contribution < -0.4 is 19.7 Å². The summed E-state index contributed by atoms with van der Waals surface area (Å²) in [5.74, 6) is -0.905. The number of amides is 2. The van der Waals surface area contributed by atoms with E-state index in [1.165, 1.54) is 5.56 Å². The molecular weight excluding hydrogens is 690 g/mol. The van der Waals surface area contributed by atoms with Crippen LogP contribution in [0.15, 0.2) is 69.1 Å². The number of hydrogen-bond donors (Lipinski definition) is 3. The van der Waals surface area contributed by atoms with Crippen LogP contribution in [0.3, 0.4) is 0 Å². The second kappa shape index (κ2) is 17.7. The molecule has 2 aromatic rings. The minimum absolute atomic E-state index is 0.0125. The van der Waals surface area contributed by atoms with Crippen molar-refractivity contribution in [1.29, 1.82) is 5.41 Å². The van der Waals surface area contributed by atoms with Crippen LogP contribution in [-0.4, -0.2) is 74.4 Å². The number of carbonyl (C=O) groups excluding carboxylic acids is 2. The van der Waals surface area contributed by atoms with E-state index in [0.29, 0.717) is 41.9 Å². The predicted molar refractivity (Wildman–Crippen MR) is 203 cm³/mol. The molecule has 2 heterocycles. The largest absolute Gasteiger partial charge is 0.491 e. The van der Waals surface area contributed by atoms with Crippen LogP contribution in [0.4, 0.5) is 5.69 Å². The highest BCUT2D eigenvalue weighted by molar-refractivity contribution is 7.92. The number of methoxy groups -OCH3 is 1. The SMILES string of the molecule is CCCc1cc(Cl)ccc1C1COc2ccc3cc2N(CCC(CC)C(OC)/C=C/COC(C)(C)C(=O)N=S3(=O)NC(=O)/C(C=N)=C(\C)NC)C1. The highest BCUT2D eigenvalue weighted by Crippen LogP contribution is 2.39. The molecule has 3 N–H and O–H groups in total. The molecule has 0 aliphatic carbocycles. The summed E-state index contributed by atoms with van der Waals surface area (Å²) in [6, 6.07) is 11.0. The number of nitrogens with zero attached hydrogens (tertiary/aromatic N) is 2. The fourth-order valence-corrected chi connectivity index (χ4v) is 8.19. The second-order valence-electron chi connectivity index (χ2n) is 13.4. The van der Waals surface area contributed by atoms with Crippen molar-refractivity contribution in [3.05, 3.63) is 76.0 Å². The van der Waals surface area contributed by atoms with Crippen LogP contribution in [0.1, 0.15) is 70.9 Å². The Morgan fingerprint density at radius 2 is 2.00 bits per heavy atom. The zero-order chi connectivity index (χ0) is 37.3. The molecule has 0 saturated heterocycles. The Kier molecular flexibility index (Phi) is 13.9. The van der Waals surface area contributed by atoms with Gasteiger partial charge in [0.2, 0.25) is 0 Å². The summed E-state index contributed by atoms with van der Waals surface area (Å²) in [6.07, 6.45) is 7.94. The van der Waals surface area contributed by atoms with Crippen molar-refractivity contribution >= 4 is 45.2 Å². The highest BCUT2D eigenvalue weighted by atomic mass is 35.5. The number of hydrogen-bond acceptors (Lipinski definition) is 9. The van der Waals surface area contributed by atoms with Crippen LogP contribution in [-0.2, 0) is 35.4 Å². The minimum atomic E-state index is -3.96. The van der Waals surface area contributed by atoms with Crippen molar-refractivity contribution in [1.82, 2.24) is 10.0 Å². The third-order valence-corrected chi connectivity index (χ3v) is 11.6. The Labute approximate surface area is 308 Å². The maximum atomic E-state index is 15.0. The number of ether oxygens (including phenoxy) is 3. The molecule has 0 radical (unpaired) electrons. The van der Waals surface area contributed by atoms with Gasteiger partial charge in [-0.05, 0) is 81.0 Å². The number of aryl methyl sites for hydroxylation is 1. The number of fused-ring (bicyclic) bond motifs is 1. The van der Waals surface area contributed by atoms with E-state index in [9.17, 15) is 13.8 Å². The molecule has 0 spiro atoms. The molecule has 51 heavy (non-hydrogen) atoms. The van der Waals surface area contributed by atoms with Crippen molar-refractivity contribution < 1.29 is 28.0 Å². The number of halogens is 1. The van der Waals surface area contributed by atoms with Gasteiger partial charge in [-0.15, -0.1) is 4.36 Å². The molecule has 2 aliphatic rings. The summed E-state index contributed by atoms with van der Waals surface area (Å²) in [5.41, 5.74) is 1.86. The average Bonchev–Trinajstić information content (AvgIpc) is 3.28. The van der Waals surface area contributed by atoms with Gasteiger partial charge in [-0.2, -0.15) is 0 Å². The molecule has 4 atom stereocenters. The molecule has 11 nitrogen and oxygen atoms in total. The third kappa shape index (κ3) is 9.59. The molecule has 278 valence electrons. The number of nitrogens with one attached hydrogen (secondary N) is 3. The van der Waals surface area contributed by atoms with Gasteiger partial charge in [0.1, 0.15) is 11.4 Å². The lowest BCUT2D eigenvalue weighted by molar-refractivity contribution is -0.137. The standard InChI is InChI=1S/C38H52ClN5O6S/c1-8-11-27-20-29(39)13-15-31(27)28-23-44-18-17-26(9-2)34(48-7)12-10-19-50-38(4,5)37(46)43-51(47,42-36(45)32(22-40)25(3)41-6)30-14-16-35(49-24-28)33(44)21-30/h10,12-16,20-22,26,28,34,40-41H,8-9,11,17-19,23-24H2,1-7H3,(H,42,43,45,46,47)/b12-10+,32-25+,40-22?. The van der Waals surface area contributed by atoms with Gasteiger partial charge in [0.15, 0.2) is 9.92 Å². The Balaban J connectivity index is 1.92. The lowest BCUT2D eigenvalue weighted by Gasteiger charge is -2.31. The van der Waals surface area contributed by atoms with E-state index in [4.69, 9.17) is 31.2 Å². The second-order valence-corrected chi connectivity index (χ2v) is 15.7. The van der Waals surface area contributed by atoms with E-state index in [-0.39, 0.29) is 35.0 Å². The number of benzene rings is 2. The summed E-state index contributed by atoms with van der Waals surface area (Å²) >= 11 is 6.44. The van der Waals surface area contributed by atoms with E-state index in [1.807, 2.05) is 24.3 Å². The summed E-state index contributed by atoms with van der Waals surface area (Å²) in [7, 11) is -0.658. The van der Waals surface area contributed by atoms with E-state index < -0.39 is 27.3 Å². The number of rotatable bonds is 9. The molecule has 0 fully saturated rings. The molecule has 2 amide bonds. The molecule has 13 heteroatoms. The lowest BCUT2D eigenvalue weighted by atomic mass is 9.91. The van der Waals surface area contributed by atoms with Gasteiger partial charge in [-0.1, -0.05) is 56.5 Å². The Morgan fingerprint density at radius 1 is 1.24 bits per heavy atom. The van der Waals surface area contributed by atoms with Crippen LogP contribution in [0, 0.1) is 11.3 Å². The van der Waals surface area contributed by atoms with Crippen molar-refractivity contribution in [2.45, 2.75) is 82.8 Å². The first-order valence-corrected chi connectivity index (χ1v) is 19.4. The zero-order valence-corrected chi connectivity index (χ0v) is 32.3. The van der Waals surface area contributed by atoms with Gasteiger partial charge >= 0.3 is 0 Å². The highest BCUT2D eigenvalue weighted by Gasteiger charge is 2.33. The van der Waals surface area contributed by atoms with Crippen molar-refractivity contribution in [2.24, 2.45) is 10.3 Å². The molecule has 2 bridgehead atoms. The first-order chi connectivity index (χ1) is 24.3. The number of carbonyl (C=O) groups is 2. The fourth-order valence-electron chi connectivity index (χ4n) is 6.38. The molecule has 0 aromatic heterocycles. The van der Waals surface area contributed by atoms with Crippen molar-refractivity contribution in [3.8, 4) is 5.75 Å². The first kappa shape index (κ1) is 40.1.